The van der Waals surface area contributed by atoms with E-state index < -0.39 is 6.10 Å². The Morgan fingerprint density at radius 2 is 2.23 bits per heavy atom. The highest BCUT2D eigenvalue weighted by Crippen LogP contribution is 2.34. The van der Waals surface area contributed by atoms with E-state index in [1.165, 1.54) is 0 Å². The summed E-state index contributed by atoms with van der Waals surface area (Å²) in [6.45, 7) is 6.17. The Balaban J connectivity index is 2.84. The molecule has 0 saturated heterocycles. The lowest BCUT2D eigenvalue weighted by atomic mass is 9.82. The van der Waals surface area contributed by atoms with Gasteiger partial charge in [-0.25, -0.2) is 0 Å². The van der Waals surface area contributed by atoms with Crippen LogP contribution in [0.4, 0.5) is 0 Å². The van der Waals surface area contributed by atoms with E-state index >= 15 is 0 Å². The van der Waals surface area contributed by atoms with Crippen LogP contribution in [-0.2, 0) is 7.05 Å². The van der Waals surface area contributed by atoms with Crippen LogP contribution < -0.4 is 0 Å². The monoisotopic (exact) mass is 182 g/mol. The third-order valence-corrected chi connectivity index (χ3v) is 2.67. The van der Waals surface area contributed by atoms with E-state index in [0.717, 1.165) is 12.1 Å². The van der Waals surface area contributed by atoms with Crippen LogP contribution in [0.5, 0.6) is 0 Å². The summed E-state index contributed by atoms with van der Waals surface area (Å²) >= 11 is 0. The van der Waals surface area contributed by atoms with Crippen LogP contribution in [0.2, 0.25) is 0 Å². The highest BCUT2D eigenvalue weighted by atomic mass is 16.3. The molecule has 0 bridgehead atoms. The maximum Gasteiger partial charge on any atom is 0.103 e. The van der Waals surface area contributed by atoms with Gasteiger partial charge in [0.1, 0.15) is 6.10 Å². The van der Waals surface area contributed by atoms with Crippen LogP contribution in [0.3, 0.4) is 0 Å². The Hall–Kier alpha value is -0.830. The van der Waals surface area contributed by atoms with Gasteiger partial charge in [-0.1, -0.05) is 20.8 Å². The van der Waals surface area contributed by atoms with Gasteiger partial charge in [0, 0.05) is 13.2 Å². The molecule has 0 fully saturated rings. The average Bonchev–Trinajstić information content (AvgIpc) is 2.50. The van der Waals surface area contributed by atoms with Crippen LogP contribution >= 0.6 is 0 Å². The van der Waals surface area contributed by atoms with Crippen molar-refractivity contribution in [2.24, 2.45) is 12.5 Å². The summed E-state index contributed by atoms with van der Waals surface area (Å²) in [4.78, 5) is 0. The predicted molar refractivity (Wildman–Crippen MR) is 52.2 cm³/mol. The van der Waals surface area contributed by atoms with Crippen molar-refractivity contribution in [1.82, 2.24) is 9.78 Å². The van der Waals surface area contributed by atoms with Gasteiger partial charge in [-0.15, -0.1) is 0 Å². The van der Waals surface area contributed by atoms with E-state index in [2.05, 4.69) is 12.0 Å². The molecule has 0 saturated carbocycles. The number of hydrogen-bond donors (Lipinski definition) is 1. The van der Waals surface area contributed by atoms with Gasteiger partial charge in [0.25, 0.3) is 0 Å². The predicted octanol–water partition coefficient (Wildman–Crippen LogP) is 1.89. The Bertz CT molecular complexity index is 278. The molecule has 1 atom stereocenters. The number of hydrogen-bond acceptors (Lipinski definition) is 2. The molecule has 1 aromatic rings. The molecule has 3 nitrogen and oxygen atoms in total. The van der Waals surface area contributed by atoms with Gasteiger partial charge in [0.2, 0.25) is 0 Å². The van der Waals surface area contributed by atoms with Crippen molar-refractivity contribution in [2.75, 3.05) is 0 Å². The Kier molecular flexibility index (Phi) is 2.76. The van der Waals surface area contributed by atoms with Gasteiger partial charge in [-0.05, 0) is 17.9 Å². The molecule has 74 valence electrons. The molecule has 0 aliphatic carbocycles. The lowest BCUT2D eigenvalue weighted by Crippen LogP contribution is -2.21. The van der Waals surface area contributed by atoms with E-state index in [-0.39, 0.29) is 5.41 Å². The largest absolute Gasteiger partial charge is 0.386 e. The van der Waals surface area contributed by atoms with Crippen molar-refractivity contribution in [3.63, 3.8) is 0 Å². The Morgan fingerprint density at radius 1 is 1.62 bits per heavy atom. The number of aliphatic hydroxyl groups is 1. The SMILES string of the molecule is CCC(C)(C)C(O)c1ccn(C)n1. The summed E-state index contributed by atoms with van der Waals surface area (Å²) in [5.41, 5.74) is 0.656. The van der Waals surface area contributed by atoms with Crippen LogP contribution in [0.15, 0.2) is 12.3 Å². The molecular formula is C10H18N2O. The van der Waals surface area contributed by atoms with E-state index in [1.54, 1.807) is 4.68 Å². The molecule has 0 aromatic carbocycles. The lowest BCUT2D eigenvalue weighted by Gasteiger charge is -2.27. The van der Waals surface area contributed by atoms with Gasteiger partial charge in [-0.3, -0.25) is 4.68 Å². The van der Waals surface area contributed by atoms with Crippen molar-refractivity contribution in [2.45, 2.75) is 33.3 Å². The molecule has 1 heterocycles. The topological polar surface area (TPSA) is 38.0 Å². The summed E-state index contributed by atoms with van der Waals surface area (Å²) in [6, 6.07) is 1.86. The molecule has 0 aliphatic heterocycles. The number of aliphatic hydroxyl groups excluding tert-OH is 1. The smallest absolute Gasteiger partial charge is 0.103 e. The van der Waals surface area contributed by atoms with Crippen LogP contribution in [0.25, 0.3) is 0 Å². The fourth-order valence-electron chi connectivity index (χ4n) is 1.17. The summed E-state index contributed by atoms with van der Waals surface area (Å²) < 4.78 is 1.71. The number of aromatic nitrogens is 2. The van der Waals surface area contributed by atoms with E-state index in [9.17, 15) is 5.11 Å². The standard InChI is InChI=1S/C10H18N2O/c1-5-10(2,3)9(13)8-6-7-12(4)11-8/h6-7,9,13H,5H2,1-4H3. The molecular weight excluding hydrogens is 164 g/mol. The van der Waals surface area contributed by atoms with Crippen molar-refractivity contribution in [3.05, 3.63) is 18.0 Å². The fourth-order valence-corrected chi connectivity index (χ4v) is 1.17. The van der Waals surface area contributed by atoms with Gasteiger partial charge in [0.15, 0.2) is 0 Å². The van der Waals surface area contributed by atoms with Crippen molar-refractivity contribution in [1.29, 1.82) is 0 Å². The van der Waals surface area contributed by atoms with Crippen LogP contribution in [0, 0.1) is 5.41 Å². The van der Waals surface area contributed by atoms with Crippen LogP contribution in [0.1, 0.15) is 39.0 Å². The zero-order valence-corrected chi connectivity index (χ0v) is 8.78. The summed E-state index contributed by atoms with van der Waals surface area (Å²) in [5.74, 6) is 0. The molecule has 0 amide bonds. The lowest BCUT2D eigenvalue weighted by molar-refractivity contribution is 0.0426. The quantitative estimate of drug-likeness (QED) is 0.775. The second-order valence-electron chi connectivity index (χ2n) is 4.16. The molecule has 1 aromatic heterocycles. The van der Waals surface area contributed by atoms with E-state index in [0.29, 0.717) is 0 Å². The molecule has 0 spiro atoms. The third kappa shape index (κ3) is 2.10. The number of nitrogens with zero attached hydrogens (tertiary/aromatic N) is 2. The zero-order chi connectivity index (χ0) is 10.1. The molecule has 3 heteroatoms. The third-order valence-electron chi connectivity index (χ3n) is 2.67. The normalized spacial score (nSPS) is 14.5. The van der Waals surface area contributed by atoms with Crippen molar-refractivity contribution in [3.8, 4) is 0 Å². The van der Waals surface area contributed by atoms with Gasteiger partial charge in [-0.2, -0.15) is 5.10 Å². The molecule has 1 unspecified atom stereocenters. The highest BCUT2D eigenvalue weighted by molar-refractivity contribution is 5.06. The molecule has 0 radical (unpaired) electrons. The maximum absolute atomic E-state index is 9.99. The molecule has 1 N–H and O–H groups in total. The fraction of sp³-hybridized carbons (Fsp3) is 0.700. The second kappa shape index (κ2) is 3.50. The summed E-state index contributed by atoms with van der Waals surface area (Å²) in [6.07, 6.45) is 2.31. The minimum Gasteiger partial charge on any atom is -0.386 e. The van der Waals surface area contributed by atoms with Crippen molar-refractivity contribution < 1.29 is 5.11 Å². The first-order chi connectivity index (χ1) is 5.97. The number of aryl methyl sites for hydroxylation is 1. The molecule has 0 aliphatic rings. The Labute approximate surface area is 79.4 Å². The van der Waals surface area contributed by atoms with E-state index in [4.69, 9.17) is 0 Å². The van der Waals surface area contributed by atoms with Crippen molar-refractivity contribution >= 4 is 0 Å². The molecule has 13 heavy (non-hydrogen) atoms. The average molecular weight is 182 g/mol. The minimum absolute atomic E-state index is 0.103. The summed E-state index contributed by atoms with van der Waals surface area (Å²) in [5, 5.41) is 14.2. The first kappa shape index (κ1) is 10.3. The van der Waals surface area contributed by atoms with Gasteiger partial charge >= 0.3 is 0 Å². The summed E-state index contributed by atoms with van der Waals surface area (Å²) in [7, 11) is 1.86. The molecule has 1 rings (SSSR count). The number of rotatable bonds is 3. The highest BCUT2D eigenvalue weighted by Gasteiger charge is 2.28. The van der Waals surface area contributed by atoms with E-state index in [1.807, 2.05) is 33.2 Å². The van der Waals surface area contributed by atoms with Gasteiger partial charge < -0.3 is 5.11 Å². The van der Waals surface area contributed by atoms with Gasteiger partial charge in [0.05, 0.1) is 5.69 Å². The minimum atomic E-state index is -0.473. The maximum atomic E-state index is 9.99. The second-order valence-corrected chi connectivity index (χ2v) is 4.16. The van der Waals surface area contributed by atoms with Crippen LogP contribution in [-0.4, -0.2) is 14.9 Å². The zero-order valence-electron chi connectivity index (χ0n) is 8.78. The first-order valence-corrected chi connectivity index (χ1v) is 4.65. The first-order valence-electron chi connectivity index (χ1n) is 4.65. The Morgan fingerprint density at radius 3 is 2.62 bits per heavy atom.